The molecule has 0 unspecified atom stereocenters. The van der Waals surface area contributed by atoms with Gasteiger partial charge < -0.3 is 14.6 Å². The van der Waals surface area contributed by atoms with E-state index in [4.69, 9.17) is 4.42 Å². The average Bonchev–Trinajstić information content (AvgIpc) is 2.48. The molecule has 74 valence electrons. The highest BCUT2D eigenvalue weighted by molar-refractivity contribution is 5.14. The molecule has 0 fully saturated rings. The van der Waals surface area contributed by atoms with Crippen molar-refractivity contribution in [1.82, 2.24) is 10.2 Å². The van der Waals surface area contributed by atoms with Gasteiger partial charge in [-0.2, -0.15) is 0 Å². The van der Waals surface area contributed by atoms with Gasteiger partial charge in [0.1, 0.15) is 5.76 Å². The fourth-order valence-corrected chi connectivity index (χ4v) is 1.25. The molecule has 0 saturated heterocycles. The number of hydrogen-bond acceptors (Lipinski definition) is 3. The van der Waals surface area contributed by atoms with Crippen molar-refractivity contribution < 1.29 is 4.42 Å². The Balaban J connectivity index is 2.36. The van der Waals surface area contributed by atoms with Crippen LogP contribution in [0.5, 0.6) is 0 Å². The molecule has 0 aliphatic rings. The normalized spacial score (nSPS) is 11.1. The molecule has 0 bridgehead atoms. The summed E-state index contributed by atoms with van der Waals surface area (Å²) in [5.41, 5.74) is 1.28. The minimum Gasteiger partial charge on any atom is -0.469 e. The lowest BCUT2D eigenvalue weighted by Gasteiger charge is -2.15. The zero-order valence-electron chi connectivity index (χ0n) is 8.63. The van der Waals surface area contributed by atoms with Crippen molar-refractivity contribution in [3.8, 4) is 0 Å². The molecule has 1 N–H and O–H groups in total. The predicted molar refractivity (Wildman–Crippen MR) is 53.7 cm³/mol. The number of likely N-dealkylation sites (N-methyl/N-ethyl adjacent to an activating group) is 2. The molecular weight excluding hydrogens is 164 g/mol. The van der Waals surface area contributed by atoms with Gasteiger partial charge in [0, 0.05) is 25.2 Å². The Labute approximate surface area is 79.7 Å². The summed E-state index contributed by atoms with van der Waals surface area (Å²) in [4.78, 5) is 2.27. The number of furan rings is 1. The standard InChI is InChI=1S/C10H18N2O/c1-9-10(4-7-13-9)8-12(3)6-5-11-2/h4,7,11H,5-6,8H2,1-3H3. The van der Waals surface area contributed by atoms with Gasteiger partial charge in [-0.15, -0.1) is 0 Å². The van der Waals surface area contributed by atoms with Gasteiger partial charge in [-0.3, -0.25) is 0 Å². The molecule has 1 rings (SSSR count). The summed E-state index contributed by atoms with van der Waals surface area (Å²) in [5, 5.41) is 3.13. The molecule has 0 atom stereocenters. The van der Waals surface area contributed by atoms with Crippen LogP contribution in [0.15, 0.2) is 16.7 Å². The van der Waals surface area contributed by atoms with E-state index in [9.17, 15) is 0 Å². The monoisotopic (exact) mass is 182 g/mol. The van der Waals surface area contributed by atoms with Crippen LogP contribution in [0.25, 0.3) is 0 Å². The van der Waals surface area contributed by atoms with Crippen LogP contribution in [0.4, 0.5) is 0 Å². The fourth-order valence-electron chi connectivity index (χ4n) is 1.25. The Morgan fingerprint density at radius 3 is 2.85 bits per heavy atom. The van der Waals surface area contributed by atoms with E-state index in [1.54, 1.807) is 6.26 Å². The van der Waals surface area contributed by atoms with Gasteiger partial charge in [0.15, 0.2) is 0 Å². The van der Waals surface area contributed by atoms with Gasteiger partial charge in [-0.05, 0) is 27.1 Å². The van der Waals surface area contributed by atoms with Gasteiger partial charge in [0.2, 0.25) is 0 Å². The number of aryl methyl sites for hydroxylation is 1. The molecule has 0 aromatic carbocycles. The smallest absolute Gasteiger partial charge is 0.105 e. The average molecular weight is 182 g/mol. The van der Waals surface area contributed by atoms with Gasteiger partial charge in [-0.1, -0.05) is 0 Å². The van der Waals surface area contributed by atoms with E-state index in [0.29, 0.717) is 0 Å². The molecule has 3 nitrogen and oxygen atoms in total. The van der Waals surface area contributed by atoms with Gasteiger partial charge in [0.05, 0.1) is 6.26 Å². The second-order valence-electron chi connectivity index (χ2n) is 3.34. The number of rotatable bonds is 5. The maximum atomic E-state index is 5.23. The van der Waals surface area contributed by atoms with Crippen molar-refractivity contribution in [2.45, 2.75) is 13.5 Å². The minimum atomic E-state index is 0.962. The van der Waals surface area contributed by atoms with Crippen LogP contribution in [0.2, 0.25) is 0 Å². The quantitative estimate of drug-likeness (QED) is 0.742. The van der Waals surface area contributed by atoms with Crippen LogP contribution in [0.1, 0.15) is 11.3 Å². The highest BCUT2D eigenvalue weighted by Gasteiger charge is 2.04. The molecule has 1 aromatic rings. The molecule has 0 amide bonds. The Hall–Kier alpha value is -0.800. The molecule has 0 aliphatic heterocycles. The molecular formula is C10H18N2O. The zero-order valence-corrected chi connectivity index (χ0v) is 8.63. The second kappa shape index (κ2) is 5.04. The van der Waals surface area contributed by atoms with Crippen LogP contribution >= 0.6 is 0 Å². The first-order valence-corrected chi connectivity index (χ1v) is 4.60. The van der Waals surface area contributed by atoms with Crippen molar-refractivity contribution >= 4 is 0 Å². The zero-order chi connectivity index (χ0) is 9.68. The summed E-state index contributed by atoms with van der Waals surface area (Å²) in [7, 11) is 4.08. The Kier molecular flexibility index (Phi) is 3.99. The summed E-state index contributed by atoms with van der Waals surface area (Å²) in [6, 6.07) is 2.03. The van der Waals surface area contributed by atoms with E-state index in [0.717, 1.165) is 25.4 Å². The second-order valence-corrected chi connectivity index (χ2v) is 3.34. The van der Waals surface area contributed by atoms with E-state index in [1.807, 2.05) is 20.0 Å². The Bertz CT molecular complexity index is 245. The van der Waals surface area contributed by atoms with Gasteiger partial charge in [-0.25, -0.2) is 0 Å². The summed E-state index contributed by atoms with van der Waals surface area (Å²) in [6.45, 7) is 5.04. The maximum Gasteiger partial charge on any atom is 0.105 e. The van der Waals surface area contributed by atoms with Crippen LogP contribution < -0.4 is 5.32 Å². The Morgan fingerprint density at radius 1 is 1.54 bits per heavy atom. The van der Waals surface area contributed by atoms with Crippen LogP contribution in [0.3, 0.4) is 0 Å². The summed E-state index contributed by atoms with van der Waals surface area (Å²) in [6.07, 6.45) is 1.75. The number of nitrogens with zero attached hydrogens (tertiary/aromatic N) is 1. The first-order chi connectivity index (χ1) is 6.24. The summed E-state index contributed by atoms with van der Waals surface area (Å²) >= 11 is 0. The molecule has 0 saturated carbocycles. The molecule has 3 heteroatoms. The first-order valence-electron chi connectivity index (χ1n) is 4.60. The van der Waals surface area contributed by atoms with Crippen LogP contribution in [-0.2, 0) is 6.54 Å². The lowest BCUT2D eigenvalue weighted by atomic mass is 10.2. The molecule has 1 aromatic heterocycles. The highest BCUT2D eigenvalue weighted by atomic mass is 16.3. The molecule has 0 aliphatic carbocycles. The van der Waals surface area contributed by atoms with Gasteiger partial charge in [0.25, 0.3) is 0 Å². The molecule has 1 heterocycles. The summed E-state index contributed by atoms with van der Waals surface area (Å²) in [5.74, 6) is 1.02. The lowest BCUT2D eigenvalue weighted by molar-refractivity contribution is 0.325. The van der Waals surface area contributed by atoms with E-state index >= 15 is 0 Å². The first kappa shape index (κ1) is 10.3. The van der Waals surface area contributed by atoms with E-state index < -0.39 is 0 Å². The van der Waals surface area contributed by atoms with E-state index in [1.165, 1.54) is 5.56 Å². The highest BCUT2D eigenvalue weighted by Crippen LogP contribution is 2.10. The molecule has 0 radical (unpaired) electrons. The van der Waals surface area contributed by atoms with Gasteiger partial charge >= 0.3 is 0 Å². The largest absolute Gasteiger partial charge is 0.469 e. The SMILES string of the molecule is CNCCN(C)Cc1ccoc1C. The van der Waals surface area contributed by atoms with Crippen molar-refractivity contribution in [1.29, 1.82) is 0 Å². The molecule has 0 spiro atoms. The number of hydrogen-bond donors (Lipinski definition) is 1. The van der Waals surface area contributed by atoms with Crippen molar-refractivity contribution in [2.75, 3.05) is 27.2 Å². The van der Waals surface area contributed by atoms with Crippen molar-refractivity contribution in [2.24, 2.45) is 0 Å². The van der Waals surface area contributed by atoms with Crippen molar-refractivity contribution in [3.05, 3.63) is 23.7 Å². The predicted octanol–water partition coefficient (Wildman–Crippen LogP) is 1.24. The minimum absolute atomic E-state index is 0.962. The third-order valence-corrected chi connectivity index (χ3v) is 2.15. The number of nitrogens with one attached hydrogen (secondary N) is 1. The maximum absolute atomic E-state index is 5.23. The van der Waals surface area contributed by atoms with E-state index in [-0.39, 0.29) is 0 Å². The van der Waals surface area contributed by atoms with Crippen LogP contribution in [0, 0.1) is 6.92 Å². The third kappa shape index (κ3) is 3.20. The third-order valence-electron chi connectivity index (χ3n) is 2.15. The van der Waals surface area contributed by atoms with Crippen LogP contribution in [-0.4, -0.2) is 32.1 Å². The topological polar surface area (TPSA) is 28.4 Å². The Morgan fingerprint density at radius 2 is 2.31 bits per heavy atom. The fraction of sp³-hybridized carbons (Fsp3) is 0.600. The lowest BCUT2D eigenvalue weighted by Crippen LogP contribution is -2.26. The van der Waals surface area contributed by atoms with E-state index in [2.05, 4.69) is 17.3 Å². The molecule has 13 heavy (non-hydrogen) atoms. The van der Waals surface area contributed by atoms with Crippen molar-refractivity contribution in [3.63, 3.8) is 0 Å². The summed E-state index contributed by atoms with van der Waals surface area (Å²) < 4.78 is 5.23.